The molecular formula is C13H5Cl2FN2O2. The smallest absolute Gasteiger partial charge is 0.266 e. The Balaban J connectivity index is 2.22. The van der Waals surface area contributed by atoms with Crippen molar-refractivity contribution in [2.24, 2.45) is 0 Å². The van der Waals surface area contributed by atoms with Gasteiger partial charge in [-0.3, -0.25) is 9.59 Å². The number of anilines is 1. The highest BCUT2D eigenvalue weighted by molar-refractivity contribution is 6.44. The Morgan fingerprint density at radius 2 is 1.60 bits per heavy atom. The lowest BCUT2D eigenvalue weighted by atomic mass is 10.1. The van der Waals surface area contributed by atoms with Crippen LogP contribution in [0.1, 0.15) is 20.7 Å². The largest absolute Gasteiger partial charge is 0.268 e. The Labute approximate surface area is 122 Å². The van der Waals surface area contributed by atoms with Gasteiger partial charge >= 0.3 is 0 Å². The molecule has 2 amide bonds. The summed E-state index contributed by atoms with van der Waals surface area (Å²) in [5.74, 6) is -2.19. The summed E-state index contributed by atoms with van der Waals surface area (Å²) in [5, 5.41) is -0.544. The molecule has 0 saturated carbocycles. The van der Waals surface area contributed by atoms with Crippen molar-refractivity contribution in [3.8, 4) is 0 Å². The van der Waals surface area contributed by atoms with Crippen molar-refractivity contribution < 1.29 is 14.0 Å². The molecule has 0 atom stereocenters. The third kappa shape index (κ3) is 1.71. The van der Waals surface area contributed by atoms with Crippen LogP contribution in [0.4, 0.5) is 10.1 Å². The van der Waals surface area contributed by atoms with E-state index in [9.17, 15) is 14.0 Å². The molecule has 3 rings (SSSR count). The van der Waals surface area contributed by atoms with Crippen molar-refractivity contribution in [3.05, 3.63) is 57.6 Å². The number of nitrogens with zero attached hydrogens (tertiary/aromatic N) is 2. The number of amides is 2. The molecule has 0 saturated heterocycles. The van der Waals surface area contributed by atoms with Crippen molar-refractivity contribution in [1.29, 1.82) is 0 Å². The minimum Gasteiger partial charge on any atom is -0.268 e. The second-order valence-electron chi connectivity index (χ2n) is 4.05. The molecule has 2 aromatic rings. The monoisotopic (exact) mass is 310 g/mol. The van der Waals surface area contributed by atoms with Gasteiger partial charge in [-0.25, -0.2) is 9.88 Å². The van der Waals surface area contributed by atoms with E-state index >= 15 is 0 Å². The number of carbonyl (C=O) groups is 2. The molecule has 1 aliphatic heterocycles. The van der Waals surface area contributed by atoms with Crippen molar-refractivity contribution in [2.75, 3.05) is 4.90 Å². The molecule has 1 aliphatic rings. The van der Waals surface area contributed by atoms with E-state index in [0.29, 0.717) is 0 Å². The van der Waals surface area contributed by atoms with E-state index in [2.05, 4.69) is 4.98 Å². The second-order valence-corrected chi connectivity index (χ2v) is 4.84. The van der Waals surface area contributed by atoms with Gasteiger partial charge in [0.2, 0.25) is 5.95 Å². The Morgan fingerprint density at radius 3 is 2.15 bits per heavy atom. The van der Waals surface area contributed by atoms with Gasteiger partial charge in [0.25, 0.3) is 11.8 Å². The van der Waals surface area contributed by atoms with Gasteiger partial charge in [-0.1, -0.05) is 35.3 Å². The number of pyridine rings is 1. The van der Waals surface area contributed by atoms with Gasteiger partial charge in [-0.2, -0.15) is 4.39 Å². The predicted octanol–water partition coefficient (Wildman–Crippen LogP) is 3.33. The van der Waals surface area contributed by atoms with Gasteiger partial charge in [0.1, 0.15) is 5.02 Å². The van der Waals surface area contributed by atoms with E-state index in [1.165, 1.54) is 12.1 Å². The van der Waals surface area contributed by atoms with Crippen molar-refractivity contribution in [3.63, 3.8) is 0 Å². The van der Waals surface area contributed by atoms with E-state index in [-0.39, 0.29) is 21.8 Å². The van der Waals surface area contributed by atoms with Crippen LogP contribution in [0.15, 0.2) is 30.5 Å². The number of hydrogen-bond acceptors (Lipinski definition) is 3. The van der Waals surface area contributed by atoms with Gasteiger partial charge in [0, 0.05) is 0 Å². The van der Waals surface area contributed by atoms with Gasteiger partial charge in [0.05, 0.1) is 28.0 Å². The van der Waals surface area contributed by atoms with Crippen molar-refractivity contribution >= 4 is 40.7 Å². The van der Waals surface area contributed by atoms with Crippen LogP contribution in [0.3, 0.4) is 0 Å². The van der Waals surface area contributed by atoms with Crippen LogP contribution in [-0.2, 0) is 0 Å². The Morgan fingerprint density at radius 1 is 1.05 bits per heavy atom. The Hall–Kier alpha value is -1.98. The van der Waals surface area contributed by atoms with Crippen LogP contribution in [0, 0.1) is 5.95 Å². The van der Waals surface area contributed by atoms with Crippen LogP contribution in [0.2, 0.25) is 10.0 Å². The number of benzene rings is 1. The topological polar surface area (TPSA) is 50.3 Å². The summed E-state index contributed by atoms with van der Waals surface area (Å²) in [4.78, 5) is 28.6. The summed E-state index contributed by atoms with van der Waals surface area (Å²) in [5.41, 5.74) is 0.260. The normalized spacial score (nSPS) is 13.8. The SMILES string of the molecule is O=C1c2ccccc2C(=O)N1c1c(Cl)cnc(F)c1Cl. The first-order valence-corrected chi connectivity index (χ1v) is 6.25. The fraction of sp³-hybridized carbons (Fsp3) is 0. The summed E-state index contributed by atoms with van der Waals surface area (Å²) in [6.45, 7) is 0. The zero-order chi connectivity index (χ0) is 14.4. The maximum atomic E-state index is 13.4. The van der Waals surface area contributed by atoms with E-state index in [1.807, 2.05) is 0 Å². The maximum absolute atomic E-state index is 13.4. The third-order valence-electron chi connectivity index (χ3n) is 2.92. The summed E-state index contributed by atoms with van der Waals surface area (Å²) >= 11 is 11.7. The highest BCUT2D eigenvalue weighted by Crippen LogP contribution is 2.38. The molecule has 1 aromatic heterocycles. The molecular weight excluding hydrogens is 306 g/mol. The fourth-order valence-corrected chi connectivity index (χ4v) is 2.54. The molecule has 0 radical (unpaired) electrons. The molecule has 2 heterocycles. The highest BCUT2D eigenvalue weighted by Gasteiger charge is 2.39. The van der Waals surface area contributed by atoms with E-state index in [4.69, 9.17) is 23.2 Å². The number of aromatic nitrogens is 1. The predicted molar refractivity (Wildman–Crippen MR) is 71.8 cm³/mol. The quantitative estimate of drug-likeness (QED) is 0.599. The average Bonchev–Trinajstić information content (AvgIpc) is 2.69. The van der Waals surface area contributed by atoms with Crippen LogP contribution < -0.4 is 4.90 Å². The van der Waals surface area contributed by atoms with Crippen LogP contribution in [0.25, 0.3) is 0 Å². The fourth-order valence-electron chi connectivity index (χ4n) is 2.03. The maximum Gasteiger partial charge on any atom is 0.266 e. The molecule has 0 fully saturated rings. The van der Waals surface area contributed by atoms with Gasteiger partial charge in [-0.05, 0) is 12.1 Å². The van der Waals surface area contributed by atoms with Crippen molar-refractivity contribution in [1.82, 2.24) is 4.98 Å². The molecule has 7 heteroatoms. The zero-order valence-electron chi connectivity index (χ0n) is 9.73. The molecule has 0 unspecified atom stereocenters. The summed E-state index contributed by atoms with van der Waals surface area (Å²) in [6.07, 6.45) is 1.00. The van der Waals surface area contributed by atoms with Gasteiger partial charge in [-0.15, -0.1) is 0 Å². The van der Waals surface area contributed by atoms with Gasteiger partial charge in [0.15, 0.2) is 0 Å². The lowest BCUT2D eigenvalue weighted by Gasteiger charge is -2.16. The second kappa shape index (κ2) is 4.54. The number of rotatable bonds is 1. The third-order valence-corrected chi connectivity index (χ3v) is 3.54. The minimum atomic E-state index is -0.998. The lowest BCUT2D eigenvalue weighted by molar-refractivity contribution is 0.0926. The number of fused-ring (bicyclic) bond motifs is 1. The summed E-state index contributed by atoms with van der Waals surface area (Å²) in [6, 6.07) is 6.28. The summed E-state index contributed by atoms with van der Waals surface area (Å²) in [7, 11) is 0. The van der Waals surface area contributed by atoms with E-state index in [0.717, 1.165) is 11.1 Å². The summed E-state index contributed by atoms with van der Waals surface area (Å²) < 4.78 is 13.4. The molecule has 0 bridgehead atoms. The highest BCUT2D eigenvalue weighted by atomic mass is 35.5. The van der Waals surface area contributed by atoms with Crippen LogP contribution in [0.5, 0.6) is 0 Å². The number of carbonyl (C=O) groups excluding carboxylic acids is 2. The first-order valence-electron chi connectivity index (χ1n) is 5.49. The number of hydrogen-bond donors (Lipinski definition) is 0. The Kier molecular flexibility index (Phi) is 2.96. The van der Waals surface area contributed by atoms with E-state index < -0.39 is 22.8 Å². The van der Waals surface area contributed by atoms with Gasteiger partial charge < -0.3 is 0 Å². The first kappa shape index (κ1) is 13.0. The lowest BCUT2D eigenvalue weighted by Crippen LogP contribution is -2.30. The van der Waals surface area contributed by atoms with Crippen LogP contribution >= 0.6 is 23.2 Å². The zero-order valence-corrected chi connectivity index (χ0v) is 11.2. The molecule has 0 N–H and O–H groups in total. The molecule has 20 heavy (non-hydrogen) atoms. The molecule has 4 nitrogen and oxygen atoms in total. The number of halogens is 3. The minimum absolute atomic E-state index is 0.0779. The molecule has 0 spiro atoms. The molecule has 100 valence electrons. The van der Waals surface area contributed by atoms with E-state index in [1.54, 1.807) is 12.1 Å². The standard InChI is InChI=1S/C13H5Cl2FN2O2/c14-8-5-17-11(16)9(15)10(8)18-12(19)6-3-1-2-4-7(6)13(18)20/h1-5H. The van der Waals surface area contributed by atoms with Crippen molar-refractivity contribution in [2.45, 2.75) is 0 Å². The molecule has 1 aromatic carbocycles. The number of imide groups is 1. The molecule has 0 aliphatic carbocycles. The first-order chi connectivity index (χ1) is 9.52. The Bertz CT molecular complexity index is 729. The average molecular weight is 311 g/mol. The van der Waals surface area contributed by atoms with Crippen LogP contribution in [-0.4, -0.2) is 16.8 Å².